The van der Waals surface area contributed by atoms with E-state index < -0.39 is 0 Å². The van der Waals surface area contributed by atoms with Crippen molar-refractivity contribution in [1.82, 2.24) is 0 Å². The quantitative estimate of drug-likeness (QED) is 0.0575. The molecule has 0 radical (unpaired) electrons. The van der Waals surface area contributed by atoms with E-state index in [1.807, 2.05) is 0 Å². The third-order valence-electron chi connectivity index (χ3n) is 14.9. The van der Waals surface area contributed by atoms with E-state index >= 15 is 0 Å². The molecule has 0 amide bonds. The Bertz CT molecular complexity index is 3240. The van der Waals surface area contributed by atoms with Gasteiger partial charge in [-0.05, 0) is 126 Å². The van der Waals surface area contributed by atoms with Gasteiger partial charge in [0.1, 0.15) is 23.0 Å². The topological polar surface area (TPSA) is 86.4 Å². The smallest absolute Gasteiger partial charge is 0.119 e. The van der Waals surface area contributed by atoms with Crippen LogP contribution in [-0.2, 0) is 0 Å². The summed E-state index contributed by atoms with van der Waals surface area (Å²) in [6, 6.07) is 33.6. The van der Waals surface area contributed by atoms with E-state index in [2.05, 4.69) is 216 Å². The highest BCUT2D eigenvalue weighted by Gasteiger charge is 2.28. The lowest BCUT2D eigenvalue weighted by molar-refractivity contribution is -0.870. The summed E-state index contributed by atoms with van der Waals surface area (Å²) in [7, 11) is 19.9. The van der Waals surface area contributed by atoms with Crippen LogP contribution in [0, 0.1) is 0 Å². The first-order chi connectivity index (χ1) is 39.5. The lowest BCUT2D eigenvalue weighted by Gasteiger charge is -2.23. The predicted octanol–water partition coefficient (Wildman–Crippen LogP) is 5.26. The highest BCUT2D eigenvalue weighted by molar-refractivity contribution is 6.39. The van der Waals surface area contributed by atoms with Crippen molar-refractivity contribution in [3.8, 4) is 23.0 Å². The average molecular weight is 1210 g/mol. The zero-order valence-electron chi connectivity index (χ0n) is 51.8. The van der Waals surface area contributed by atoms with Gasteiger partial charge in [0.15, 0.2) is 0 Å². The molecule has 0 atom stereocenters. The van der Waals surface area contributed by atoms with Gasteiger partial charge >= 0.3 is 0 Å². The van der Waals surface area contributed by atoms with E-state index in [1.165, 1.54) is 38.5 Å². The Morgan fingerprint density at radius 2 is 0.506 bits per heavy atom. The molecule has 4 aromatic rings. The maximum atomic E-state index is 6.32. The molecule has 14 heteroatoms. The summed E-state index contributed by atoms with van der Waals surface area (Å²) in [5, 5.41) is 0. The molecule has 0 saturated heterocycles. The second kappa shape index (κ2) is 31.2. The summed E-state index contributed by atoms with van der Waals surface area (Å²) < 4.78 is 27.9. The van der Waals surface area contributed by atoms with Crippen LogP contribution < -0.4 is 56.2 Å². The van der Waals surface area contributed by atoms with Gasteiger partial charge in [-0.15, -0.1) is 0 Å². The van der Waals surface area contributed by atoms with Crippen LogP contribution in [-0.4, -0.2) is 146 Å². The summed E-state index contributed by atoms with van der Waals surface area (Å²) in [4.78, 5) is 22.2. The Morgan fingerprint density at radius 3 is 0.741 bits per heavy atom. The van der Waals surface area contributed by atoms with E-state index in [-0.39, 0.29) is 37.2 Å². The van der Waals surface area contributed by atoms with Crippen LogP contribution in [0.4, 0.5) is 0 Å². The number of fused-ring (bicyclic) bond motifs is 4. The van der Waals surface area contributed by atoms with Crippen molar-refractivity contribution in [2.45, 2.75) is 71.1 Å². The van der Waals surface area contributed by atoms with Crippen LogP contribution in [0.5, 0.6) is 23.0 Å². The molecule has 0 unspecified atom stereocenters. The minimum atomic E-state index is 0. The molecule has 5 heterocycles. The molecule has 4 aromatic carbocycles. The number of rotatable bonds is 28. The lowest BCUT2D eigenvalue weighted by atomic mass is 9.98. The van der Waals surface area contributed by atoms with Gasteiger partial charge in [0, 0.05) is 41.6 Å². The molecule has 5 aliphatic heterocycles. The molecule has 0 saturated carbocycles. The highest BCUT2D eigenvalue weighted by atomic mass is 35.5. The van der Waals surface area contributed by atoms with Gasteiger partial charge in [0.2, 0.25) is 0 Å². The van der Waals surface area contributed by atoms with Crippen molar-refractivity contribution < 1.29 is 69.6 Å². The van der Waals surface area contributed by atoms with Gasteiger partial charge in [-0.3, -0.25) is 0 Å². The first-order valence-corrected chi connectivity index (χ1v) is 29.9. The third kappa shape index (κ3) is 19.2. The summed E-state index contributed by atoms with van der Waals surface area (Å²) in [5.41, 5.74) is 14.0. The number of allylic oxidation sites excluding steroid dienone is 12. The first kappa shape index (κ1) is 67.6. The van der Waals surface area contributed by atoms with Gasteiger partial charge in [0.25, 0.3) is 0 Å². The molecule has 9 rings (SSSR count). The van der Waals surface area contributed by atoms with Crippen LogP contribution in [0.3, 0.4) is 0 Å². The Morgan fingerprint density at radius 1 is 0.282 bits per heavy atom. The van der Waals surface area contributed by atoms with Crippen molar-refractivity contribution in [3.63, 3.8) is 0 Å². The van der Waals surface area contributed by atoms with E-state index in [9.17, 15) is 0 Å². The summed E-state index contributed by atoms with van der Waals surface area (Å²) in [5.74, 6) is 3.34. The summed E-state index contributed by atoms with van der Waals surface area (Å²) >= 11 is 0. The molecule has 11 nitrogen and oxygen atoms in total. The van der Waals surface area contributed by atoms with E-state index in [0.29, 0.717) is 26.4 Å². The maximum Gasteiger partial charge on any atom is 0.119 e. The molecular formula is C71H88Cl3N7O4. The van der Waals surface area contributed by atoms with Crippen molar-refractivity contribution in [1.29, 1.82) is 0 Å². The normalized spacial score (nSPS) is 15.4. The number of halogens is 3. The van der Waals surface area contributed by atoms with Crippen molar-refractivity contribution in [2.24, 2.45) is 20.0 Å². The van der Waals surface area contributed by atoms with Gasteiger partial charge in [-0.2, -0.15) is 0 Å². The number of unbranched alkanes of at least 4 members (excludes halogenated alkanes) is 6. The van der Waals surface area contributed by atoms with Gasteiger partial charge in [-0.1, -0.05) is 94.0 Å². The molecule has 452 valence electrons. The van der Waals surface area contributed by atoms with Crippen LogP contribution >= 0.6 is 0 Å². The Labute approximate surface area is 526 Å². The fraction of sp³-hybridized carbons (Fsp3) is 0.380. The minimum absolute atomic E-state index is 0. The second-order valence-electron chi connectivity index (χ2n) is 25.1. The zero-order chi connectivity index (χ0) is 57.7. The predicted molar refractivity (Wildman–Crippen MR) is 342 cm³/mol. The molecule has 0 aliphatic carbocycles. The van der Waals surface area contributed by atoms with E-state index in [0.717, 1.165) is 172 Å². The fourth-order valence-electron chi connectivity index (χ4n) is 10.6. The Hall–Kier alpha value is -6.57. The molecule has 5 aliphatic rings. The molecule has 0 N–H and O–H groups in total. The fourth-order valence-corrected chi connectivity index (χ4v) is 10.6. The highest BCUT2D eigenvalue weighted by Crippen LogP contribution is 2.40. The van der Waals surface area contributed by atoms with Gasteiger partial charge in [-0.25, -0.2) is 20.0 Å². The molecule has 0 fully saturated rings. The number of nitrogens with zero attached hydrogens (tertiary/aromatic N) is 7. The Kier molecular flexibility index (Phi) is 24.8. The third-order valence-corrected chi connectivity index (χ3v) is 14.9. The van der Waals surface area contributed by atoms with E-state index in [1.54, 1.807) is 0 Å². The van der Waals surface area contributed by atoms with Crippen LogP contribution in [0.1, 0.15) is 93.4 Å². The van der Waals surface area contributed by atoms with Crippen molar-refractivity contribution >= 4 is 45.1 Å². The monoisotopic (exact) mass is 1210 g/mol. The minimum Gasteiger partial charge on any atom is -1.00 e. The maximum absolute atomic E-state index is 6.32. The first-order valence-electron chi connectivity index (χ1n) is 29.9. The number of ether oxygens (including phenoxy) is 4. The molecule has 8 bridgehead atoms. The van der Waals surface area contributed by atoms with Crippen molar-refractivity contribution in [2.75, 3.05) is 109 Å². The number of hydrogen-bond donors (Lipinski definition) is 0. The van der Waals surface area contributed by atoms with E-state index in [4.69, 9.17) is 38.9 Å². The van der Waals surface area contributed by atoms with Crippen LogP contribution in [0.15, 0.2) is 188 Å². The molecule has 85 heavy (non-hydrogen) atoms. The number of benzene rings is 4. The SMILES string of the molecule is CCCCCCCCCOc1ccc(C2=C3C=CC(=N3)C(c3ccc(OCCC[N+](C)(C)C)cc3)=C3C=CC(=N3)C(c3ccc(OCCC[N+](C)(C)C)cc3)=C3C=CC(=N3)C(c3ccc(OCCC[N+](C)(C)C)cc3)=C3C=CC2=N3)cc1.[Cl-].[Cl-].[Cl-]. The number of hydrogen-bond acceptors (Lipinski definition) is 8. The standard InChI is InChI=1S/C71H88N7O4.3ClH/c1-11-12-13-14-15-16-17-48-79-56-29-21-52(22-30-56)68-60-37-39-62(72-60)69(53-23-31-57(32-24-53)80-49-18-45-76(2,3)4)64-41-43-66(74-64)71(55-27-35-59(36-28-55)82-51-20-47-78(8,9)10)67-44-42-65(75-67)70(63-40-38-61(68)73-63)54-25-33-58(34-26-54)81-50-19-46-77(5,6)7;;;/h21-44H,11-20,45-51H2,1-10H3;3*1H/q+3;;;/p-3. The lowest BCUT2D eigenvalue weighted by Crippen LogP contribution is -3.00. The Balaban J connectivity index is 0.00000386. The van der Waals surface area contributed by atoms with Gasteiger partial charge in [0.05, 0.1) is 155 Å². The number of aliphatic imine (C=N–C) groups is 4. The van der Waals surface area contributed by atoms with Crippen LogP contribution in [0.2, 0.25) is 0 Å². The zero-order valence-corrected chi connectivity index (χ0v) is 54.0. The summed E-state index contributed by atoms with van der Waals surface area (Å²) in [6.45, 7) is 7.98. The number of quaternary nitrogens is 3. The van der Waals surface area contributed by atoms with Crippen molar-refractivity contribution in [3.05, 3.63) is 191 Å². The van der Waals surface area contributed by atoms with Crippen LogP contribution in [0.25, 0.3) is 22.3 Å². The average Bonchev–Trinajstić information content (AvgIpc) is 3.85. The second-order valence-corrected chi connectivity index (χ2v) is 25.1. The molecule has 0 spiro atoms. The molecular weight excluding hydrogens is 1120 g/mol. The molecule has 0 aromatic heterocycles. The summed E-state index contributed by atoms with van der Waals surface area (Å²) in [6.07, 6.45) is 28.5. The largest absolute Gasteiger partial charge is 1.00 e. The van der Waals surface area contributed by atoms with Gasteiger partial charge < -0.3 is 69.6 Å².